The van der Waals surface area contributed by atoms with Gasteiger partial charge in [-0.15, -0.1) is 0 Å². The molecule has 0 bridgehead atoms. The predicted octanol–water partition coefficient (Wildman–Crippen LogP) is 4.42. The van der Waals surface area contributed by atoms with Crippen LogP contribution in [0.15, 0.2) is 60.9 Å². The van der Waals surface area contributed by atoms with E-state index in [1.54, 1.807) is 29.2 Å². The van der Waals surface area contributed by atoms with Crippen LogP contribution in [0, 0.1) is 12.7 Å². The van der Waals surface area contributed by atoms with E-state index in [4.69, 9.17) is 0 Å². The van der Waals surface area contributed by atoms with E-state index in [9.17, 15) is 9.18 Å². The van der Waals surface area contributed by atoms with E-state index in [1.165, 1.54) is 6.07 Å². The summed E-state index contributed by atoms with van der Waals surface area (Å²) in [5.74, 6) is -0.310. The molecule has 0 saturated carbocycles. The molecule has 10 nitrogen and oxygen atoms in total. The second-order valence-electron chi connectivity index (χ2n) is 10.4. The number of anilines is 3. The van der Waals surface area contributed by atoms with Crippen LogP contribution in [0.3, 0.4) is 0 Å². The maximum absolute atomic E-state index is 14.7. The molecule has 2 aromatic carbocycles. The number of aromatic nitrogens is 5. The number of aryl methyl sites for hydroxylation is 2. The molecular formula is C30H32FN9O. The van der Waals surface area contributed by atoms with Crippen LogP contribution in [-0.4, -0.2) is 69.0 Å². The molecule has 0 aliphatic carbocycles. The number of fused-ring (bicyclic) bond motifs is 1. The molecule has 3 aromatic heterocycles. The Kier molecular flexibility index (Phi) is 7.10. The lowest BCUT2D eigenvalue weighted by Crippen LogP contribution is -2.44. The van der Waals surface area contributed by atoms with E-state index < -0.39 is 0 Å². The summed E-state index contributed by atoms with van der Waals surface area (Å²) in [6.07, 6.45) is 3.35. The average Bonchev–Trinajstić information content (AvgIpc) is 3.57. The van der Waals surface area contributed by atoms with Crippen LogP contribution in [0.2, 0.25) is 0 Å². The molecule has 0 atom stereocenters. The number of hydrogen-bond acceptors (Lipinski definition) is 7. The highest BCUT2D eigenvalue weighted by atomic mass is 19.1. The number of halogens is 1. The van der Waals surface area contributed by atoms with Gasteiger partial charge in [-0.2, -0.15) is 10.2 Å². The molecule has 3 N–H and O–H groups in total. The predicted molar refractivity (Wildman–Crippen MR) is 159 cm³/mol. The summed E-state index contributed by atoms with van der Waals surface area (Å²) in [5, 5.41) is 18.5. The van der Waals surface area contributed by atoms with Crippen LogP contribution in [0.4, 0.5) is 21.6 Å². The zero-order valence-corrected chi connectivity index (χ0v) is 23.3. The molecule has 0 unspecified atom stereocenters. The number of amides is 1. The van der Waals surface area contributed by atoms with E-state index >= 15 is 0 Å². The molecule has 1 saturated heterocycles. The first-order chi connectivity index (χ1) is 19.9. The third-order valence-electron chi connectivity index (χ3n) is 7.66. The Balaban J connectivity index is 1.31. The lowest BCUT2D eigenvalue weighted by molar-refractivity contribution is 0.102. The van der Waals surface area contributed by atoms with E-state index in [0.717, 1.165) is 43.1 Å². The molecule has 1 aliphatic heterocycles. The molecule has 4 heterocycles. The van der Waals surface area contributed by atoms with Gasteiger partial charge >= 0.3 is 0 Å². The summed E-state index contributed by atoms with van der Waals surface area (Å²) in [4.78, 5) is 22.7. The Morgan fingerprint density at radius 1 is 1.07 bits per heavy atom. The molecule has 1 aliphatic rings. The number of pyridine rings is 1. The fourth-order valence-corrected chi connectivity index (χ4v) is 5.18. The van der Waals surface area contributed by atoms with Crippen molar-refractivity contribution < 1.29 is 9.18 Å². The fourth-order valence-electron chi connectivity index (χ4n) is 5.18. The van der Waals surface area contributed by atoms with Crippen molar-refractivity contribution in [3.05, 3.63) is 83.6 Å². The number of hydrogen-bond donors (Lipinski definition) is 3. The molecule has 1 amide bonds. The van der Waals surface area contributed by atoms with Gasteiger partial charge in [-0.1, -0.05) is 12.1 Å². The molecule has 5 aromatic rings. The second-order valence-corrected chi connectivity index (χ2v) is 10.4. The number of carbonyl (C=O) groups is 1. The summed E-state index contributed by atoms with van der Waals surface area (Å²) in [7, 11) is 4.01. The fraction of sp³-hybridized carbons (Fsp3) is 0.267. The van der Waals surface area contributed by atoms with Crippen molar-refractivity contribution in [1.29, 1.82) is 0 Å². The average molecular weight is 554 g/mol. The number of aromatic amines is 1. The van der Waals surface area contributed by atoms with E-state index in [0.29, 0.717) is 45.8 Å². The summed E-state index contributed by atoms with van der Waals surface area (Å²) in [6, 6.07) is 14.5. The van der Waals surface area contributed by atoms with Crippen molar-refractivity contribution >= 4 is 34.0 Å². The van der Waals surface area contributed by atoms with E-state index in [-0.39, 0.29) is 11.7 Å². The van der Waals surface area contributed by atoms with Crippen molar-refractivity contribution in [2.45, 2.75) is 13.5 Å². The molecule has 41 heavy (non-hydrogen) atoms. The zero-order chi connectivity index (χ0) is 28.5. The highest BCUT2D eigenvalue weighted by Gasteiger charge is 2.20. The van der Waals surface area contributed by atoms with Gasteiger partial charge in [0, 0.05) is 61.7 Å². The van der Waals surface area contributed by atoms with Crippen molar-refractivity contribution in [1.82, 2.24) is 29.9 Å². The van der Waals surface area contributed by atoms with Gasteiger partial charge in [0.25, 0.3) is 5.91 Å². The smallest absolute Gasteiger partial charge is 0.258 e. The number of likely N-dealkylation sites (N-methyl/N-ethyl adjacent to an activating group) is 1. The van der Waals surface area contributed by atoms with Gasteiger partial charge in [-0.25, -0.2) is 4.39 Å². The Bertz CT molecular complexity index is 1700. The summed E-state index contributed by atoms with van der Waals surface area (Å²) < 4.78 is 16.5. The number of nitrogens with zero attached hydrogens (tertiary/aromatic N) is 6. The standard InChI is InChI=1S/C30H32FN9O/c1-19-5-4-6-24(31)28(19)26-16-23-27(18-33-26)36-37-29(23)35-30(41)22-8-7-20(40-13-11-38(2)12-14-40)15-25(22)32-17-21-9-10-34-39(21)3/h4-10,15-16,18,32H,11-14,17H2,1-3H3,(H2,35,36,37,41). The zero-order valence-electron chi connectivity index (χ0n) is 23.3. The van der Waals surface area contributed by atoms with Gasteiger partial charge in [0.2, 0.25) is 0 Å². The topological polar surface area (TPSA) is 107 Å². The third-order valence-corrected chi connectivity index (χ3v) is 7.66. The molecule has 210 valence electrons. The Morgan fingerprint density at radius 3 is 2.66 bits per heavy atom. The maximum Gasteiger partial charge on any atom is 0.258 e. The number of carbonyl (C=O) groups excluding carboxylic acids is 1. The minimum atomic E-state index is -0.351. The van der Waals surface area contributed by atoms with Gasteiger partial charge in [0.15, 0.2) is 5.82 Å². The lowest BCUT2D eigenvalue weighted by Gasteiger charge is -2.34. The number of H-pyrrole nitrogens is 1. The van der Waals surface area contributed by atoms with Crippen molar-refractivity contribution in [2.75, 3.05) is 48.8 Å². The number of piperazine rings is 1. The highest BCUT2D eigenvalue weighted by molar-refractivity contribution is 6.11. The van der Waals surface area contributed by atoms with Crippen molar-refractivity contribution in [3.8, 4) is 11.3 Å². The molecule has 1 fully saturated rings. The lowest BCUT2D eigenvalue weighted by atomic mass is 10.0. The minimum Gasteiger partial charge on any atom is -0.379 e. The number of rotatable bonds is 7. The Hall–Kier alpha value is -4.77. The molecule has 0 radical (unpaired) electrons. The van der Waals surface area contributed by atoms with E-state index in [1.807, 2.05) is 44.3 Å². The molecule has 6 rings (SSSR count). The summed E-state index contributed by atoms with van der Waals surface area (Å²) >= 11 is 0. The van der Waals surface area contributed by atoms with Gasteiger partial charge in [-0.3, -0.25) is 19.6 Å². The van der Waals surface area contributed by atoms with Gasteiger partial charge in [0.1, 0.15) is 5.82 Å². The first-order valence-electron chi connectivity index (χ1n) is 13.6. The normalized spacial score (nSPS) is 14.0. The van der Waals surface area contributed by atoms with Crippen LogP contribution in [0.25, 0.3) is 22.2 Å². The van der Waals surface area contributed by atoms with Crippen molar-refractivity contribution in [3.63, 3.8) is 0 Å². The largest absolute Gasteiger partial charge is 0.379 e. The van der Waals surface area contributed by atoms with Crippen molar-refractivity contribution in [2.24, 2.45) is 7.05 Å². The third kappa shape index (κ3) is 5.36. The van der Waals surface area contributed by atoms with Crippen LogP contribution >= 0.6 is 0 Å². The molecular weight excluding hydrogens is 521 g/mol. The van der Waals surface area contributed by atoms with Gasteiger partial charge in [0.05, 0.1) is 35.2 Å². The Labute approximate surface area is 237 Å². The second kappa shape index (κ2) is 11.0. The SMILES string of the molecule is Cc1cccc(F)c1-c1cc2c(NC(=O)c3ccc(N4CCN(C)CC4)cc3NCc3ccnn3C)n[nH]c2cn1. The van der Waals surface area contributed by atoms with Gasteiger partial charge in [-0.05, 0) is 55.9 Å². The van der Waals surface area contributed by atoms with E-state index in [2.05, 4.69) is 47.8 Å². The molecule has 0 spiro atoms. The first kappa shape index (κ1) is 26.5. The monoisotopic (exact) mass is 553 g/mol. The summed E-state index contributed by atoms with van der Waals surface area (Å²) in [6.45, 7) is 6.14. The molecule has 11 heteroatoms. The Morgan fingerprint density at radius 2 is 1.90 bits per heavy atom. The summed E-state index contributed by atoms with van der Waals surface area (Å²) in [5.41, 5.74) is 5.55. The highest BCUT2D eigenvalue weighted by Crippen LogP contribution is 2.31. The van der Waals surface area contributed by atoms with Crippen LogP contribution in [0.5, 0.6) is 0 Å². The minimum absolute atomic E-state index is 0.309. The van der Waals surface area contributed by atoms with Gasteiger partial charge < -0.3 is 20.4 Å². The number of benzene rings is 2. The first-order valence-corrected chi connectivity index (χ1v) is 13.6. The van der Waals surface area contributed by atoms with Crippen LogP contribution < -0.4 is 15.5 Å². The van der Waals surface area contributed by atoms with Crippen LogP contribution in [-0.2, 0) is 13.6 Å². The quantitative estimate of drug-likeness (QED) is 0.274. The maximum atomic E-state index is 14.7. The number of nitrogens with one attached hydrogen (secondary N) is 3. The van der Waals surface area contributed by atoms with Crippen LogP contribution in [0.1, 0.15) is 21.6 Å².